The number of aryl methyl sites for hydroxylation is 1. The van der Waals surface area contributed by atoms with Crippen LogP contribution in [0.1, 0.15) is 23.3 Å². The van der Waals surface area contributed by atoms with Gasteiger partial charge in [-0.25, -0.2) is 8.42 Å². The number of piperazine rings is 1. The topological polar surface area (TPSA) is 40.6 Å². The summed E-state index contributed by atoms with van der Waals surface area (Å²) >= 11 is 1.79. The molecule has 0 spiro atoms. The number of fused-ring (bicyclic) bond motifs is 1. The van der Waals surface area contributed by atoms with Crippen molar-refractivity contribution in [2.45, 2.75) is 38.4 Å². The second-order valence-electron chi connectivity index (χ2n) is 7.15. The standard InChI is InChI=1S/C16H24N2O2S2/c1-12-4-7-21-16(12)9-18-6-5-17(8-13-2-3-13)14-10-22(19,20)11-15(14)18/h4,7,13-15H,2-3,5-6,8-11H2,1H3/t14-,15+/m1/s1. The van der Waals surface area contributed by atoms with Crippen molar-refractivity contribution in [2.75, 3.05) is 31.1 Å². The molecule has 0 amide bonds. The van der Waals surface area contributed by atoms with Crippen LogP contribution >= 0.6 is 11.3 Å². The molecular formula is C16H24N2O2S2. The van der Waals surface area contributed by atoms with Crippen molar-refractivity contribution in [1.29, 1.82) is 0 Å². The fourth-order valence-corrected chi connectivity index (χ4v) is 6.88. The SMILES string of the molecule is Cc1ccsc1CN1CCN(CC2CC2)[C@@H]2CS(=O)(=O)C[C@@H]21. The molecule has 0 bridgehead atoms. The van der Waals surface area contributed by atoms with E-state index in [0.717, 1.165) is 32.1 Å². The summed E-state index contributed by atoms with van der Waals surface area (Å²) in [6, 6.07) is 2.57. The van der Waals surface area contributed by atoms with E-state index in [4.69, 9.17) is 0 Å². The number of nitrogens with zero attached hydrogens (tertiary/aromatic N) is 2. The highest BCUT2D eigenvalue weighted by Gasteiger charge is 2.47. The van der Waals surface area contributed by atoms with Crippen LogP contribution in [0.15, 0.2) is 11.4 Å². The molecule has 4 nitrogen and oxygen atoms in total. The van der Waals surface area contributed by atoms with Gasteiger partial charge in [0.05, 0.1) is 11.5 Å². The third-order valence-corrected chi connectivity index (χ3v) is 8.12. The van der Waals surface area contributed by atoms with Gasteiger partial charge in [-0.15, -0.1) is 11.3 Å². The van der Waals surface area contributed by atoms with Crippen LogP contribution in [0.3, 0.4) is 0 Å². The van der Waals surface area contributed by atoms with Crippen molar-refractivity contribution in [2.24, 2.45) is 5.92 Å². The molecule has 0 aromatic carbocycles. The zero-order chi connectivity index (χ0) is 15.3. The minimum Gasteiger partial charge on any atom is -0.296 e. The van der Waals surface area contributed by atoms with Crippen LogP contribution < -0.4 is 0 Å². The smallest absolute Gasteiger partial charge is 0.153 e. The van der Waals surface area contributed by atoms with Crippen molar-refractivity contribution in [3.63, 3.8) is 0 Å². The van der Waals surface area contributed by atoms with Gasteiger partial charge in [-0.05, 0) is 42.7 Å². The molecule has 122 valence electrons. The van der Waals surface area contributed by atoms with E-state index in [1.54, 1.807) is 11.3 Å². The lowest BCUT2D eigenvalue weighted by atomic mass is 10.0. The molecule has 6 heteroatoms. The predicted octanol–water partition coefficient (Wildman–Crippen LogP) is 1.75. The molecule has 4 rings (SSSR count). The maximum atomic E-state index is 12.2. The zero-order valence-corrected chi connectivity index (χ0v) is 14.7. The van der Waals surface area contributed by atoms with E-state index in [0.29, 0.717) is 11.5 Å². The summed E-state index contributed by atoms with van der Waals surface area (Å²) < 4.78 is 24.4. The van der Waals surface area contributed by atoms with Crippen LogP contribution in [0.2, 0.25) is 0 Å². The fraction of sp³-hybridized carbons (Fsp3) is 0.750. The molecule has 3 aliphatic rings. The second-order valence-corrected chi connectivity index (χ2v) is 10.3. The molecule has 0 N–H and O–H groups in total. The molecule has 1 aromatic rings. The molecule has 2 atom stereocenters. The van der Waals surface area contributed by atoms with Gasteiger partial charge in [-0.3, -0.25) is 9.80 Å². The first kappa shape index (κ1) is 15.1. The van der Waals surface area contributed by atoms with Gasteiger partial charge in [0.15, 0.2) is 9.84 Å². The van der Waals surface area contributed by atoms with Crippen LogP contribution in [0, 0.1) is 12.8 Å². The molecule has 3 heterocycles. The van der Waals surface area contributed by atoms with Gasteiger partial charge in [0.1, 0.15) is 0 Å². The maximum Gasteiger partial charge on any atom is 0.153 e. The molecule has 1 aliphatic carbocycles. The Morgan fingerprint density at radius 3 is 2.50 bits per heavy atom. The molecular weight excluding hydrogens is 316 g/mol. The lowest BCUT2D eigenvalue weighted by Gasteiger charge is -2.44. The van der Waals surface area contributed by atoms with Crippen molar-refractivity contribution in [3.05, 3.63) is 21.9 Å². The van der Waals surface area contributed by atoms with Crippen molar-refractivity contribution in [1.82, 2.24) is 9.80 Å². The monoisotopic (exact) mass is 340 g/mol. The van der Waals surface area contributed by atoms with E-state index in [1.165, 1.54) is 23.3 Å². The van der Waals surface area contributed by atoms with Crippen molar-refractivity contribution in [3.8, 4) is 0 Å². The highest BCUT2D eigenvalue weighted by atomic mass is 32.2. The summed E-state index contributed by atoms with van der Waals surface area (Å²) in [4.78, 5) is 6.29. The first-order valence-electron chi connectivity index (χ1n) is 8.23. The van der Waals surface area contributed by atoms with Gasteiger partial charge in [-0.1, -0.05) is 0 Å². The van der Waals surface area contributed by atoms with E-state index in [1.807, 2.05) is 0 Å². The zero-order valence-electron chi connectivity index (χ0n) is 13.1. The van der Waals surface area contributed by atoms with E-state index in [2.05, 4.69) is 28.2 Å². The molecule has 22 heavy (non-hydrogen) atoms. The Morgan fingerprint density at radius 2 is 1.86 bits per heavy atom. The molecule has 3 fully saturated rings. The summed E-state index contributed by atoms with van der Waals surface area (Å²) in [5.74, 6) is 1.54. The number of rotatable bonds is 4. The number of hydrogen-bond acceptors (Lipinski definition) is 5. The van der Waals surface area contributed by atoms with Crippen molar-refractivity contribution >= 4 is 21.2 Å². The highest BCUT2D eigenvalue weighted by molar-refractivity contribution is 7.91. The summed E-state index contributed by atoms with van der Waals surface area (Å²) in [7, 11) is -2.88. The molecule has 1 saturated carbocycles. The lowest BCUT2D eigenvalue weighted by Crippen LogP contribution is -2.59. The number of thiophene rings is 1. The average molecular weight is 341 g/mol. The highest BCUT2D eigenvalue weighted by Crippen LogP contribution is 2.35. The Bertz CT molecular complexity index is 651. The third kappa shape index (κ3) is 2.98. The van der Waals surface area contributed by atoms with Gasteiger partial charge in [-0.2, -0.15) is 0 Å². The van der Waals surface area contributed by atoms with Crippen molar-refractivity contribution < 1.29 is 8.42 Å². The number of sulfone groups is 1. The second kappa shape index (κ2) is 5.58. The third-order valence-electron chi connectivity index (χ3n) is 5.41. The Morgan fingerprint density at radius 1 is 1.18 bits per heavy atom. The summed E-state index contributed by atoms with van der Waals surface area (Å²) in [6.07, 6.45) is 2.66. The predicted molar refractivity (Wildman–Crippen MR) is 90.0 cm³/mol. The molecule has 1 aromatic heterocycles. The molecule has 2 aliphatic heterocycles. The first-order chi connectivity index (χ1) is 10.5. The summed E-state index contributed by atoms with van der Waals surface area (Å²) in [6.45, 7) is 6.20. The van der Waals surface area contributed by atoms with Crippen LogP contribution in [-0.2, 0) is 16.4 Å². The van der Waals surface area contributed by atoms with Crippen LogP contribution in [0.4, 0.5) is 0 Å². The number of hydrogen-bond donors (Lipinski definition) is 0. The molecule has 2 saturated heterocycles. The van der Waals surface area contributed by atoms with Crippen LogP contribution in [0.5, 0.6) is 0 Å². The van der Waals surface area contributed by atoms with E-state index < -0.39 is 9.84 Å². The van der Waals surface area contributed by atoms with Gasteiger partial charge >= 0.3 is 0 Å². The summed E-state index contributed by atoms with van der Waals surface area (Å²) in [5.41, 5.74) is 1.34. The first-order valence-corrected chi connectivity index (χ1v) is 10.9. The average Bonchev–Trinajstić information content (AvgIpc) is 3.08. The maximum absolute atomic E-state index is 12.2. The van der Waals surface area contributed by atoms with Gasteiger partial charge in [0.25, 0.3) is 0 Å². The largest absolute Gasteiger partial charge is 0.296 e. The van der Waals surface area contributed by atoms with E-state index in [9.17, 15) is 8.42 Å². The van der Waals surface area contributed by atoms with E-state index >= 15 is 0 Å². The van der Waals surface area contributed by atoms with Crippen LogP contribution in [-0.4, -0.2) is 61.4 Å². The van der Waals surface area contributed by atoms with Gasteiger partial charge in [0, 0.05) is 43.1 Å². The molecule has 0 radical (unpaired) electrons. The Labute approximate surface area is 137 Å². The minimum atomic E-state index is -2.88. The van der Waals surface area contributed by atoms with Gasteiger partial charge in [0.2, 0.25) is 0 Å². The molecule has 0 unspecified atom stereocenters. The van der Waals surface area contributed by atoms with E-state index in [-0.39, 0.29) is 12.1 Å². The normalized spacial score (nSPS) is 32.2. The van der Waals surface area contributed by atoms with Crippen LogP contribution in [0.25, 0.3) is 0 Å². The Kier molecular flexibility index (Phi) is 3.84. The van der Waals surface area contributed by atoms with Gasteiger partial charge < -0.3 is 0 Å². The Hall–Kier alpha value is -0.430. The summed E-state index contributed by atoms with van der Waals surface area (Å²) in [5, 5.41) is 2.14. The fourth-order valence-electron chi connectivity index (χ4n) is 3.90. The lowest BCUT2D eigenvalue weighted by molar-refractivity contribution is 0.0381. The minimum absolute atomic E-state index is 0.194. The quantitative estimate of drug-likeness (QED) is 0.837. The Balaban J connectivity index is 1.53.